The fourth-order valence-electron chi connectivity index (χ4n) is 5.13. The van der Waals surface area contributed by atoms with Crippen LogP contribution in [0, 0.1) is 16.7 Å². The van der Waals surface area contributed by atoms with Crippen LogP contribution in [0.3, 0.4) is 0 Å². The first kappa shape index (κ1) is 21.3. The Balaban J connectivity index is 1.38. The summed E-state index contributed by atoms with van der Waals surface area (Å²) in [6.07, 6.45) is -0.864. The molecule has 1 aliphatic carbocycles. The highest BCUT2D eigenvalue weighted by molar-refractivity contribution is 5.88. The lowest BCUT2D eigenvalue weighted by Gasteiger charge is -2.43. The Morgan fingerprint density at radius 1 is 1.27 bits per heavy atom. The number of nitriles is 1. The van der Waals surface area contributed by atoms with Crippen LogP contribution >= 0.6 is 0 Å². The van der Waals surface area contributed by atoms with E-state index in [0.29, 0.717) is 31.0 Å². The van der Waals surface area contributed by atoms with Crippen LogP contribution in [0.15, 0.2) is 35.1 Å². The number of alkyl halides is 3. The predicted molar refractivity (Wildman–Crippen MR) is 109 cm³/mol. The summed E-state index contributed by atoms with van der Waals surface area (Å²) in [4.78, 5) is 18.1. The second-order valence-electron chi connectivity index (χ2n) is 9.21. The van der Waals surface area contributed by atoms with Gasteiger partial charge in [-0.1, -0.05) is 12.1 Å². The smallest absolute Gasteiger partial charge is 0.436 e. The van der Waals surface area contributed by atoms with Crippen molar-refractivity contribution < 1.29 is 27.2 Å². The van der Waals surface area contributed by atoms with Gasteiger partial charge in [0.2, 0.25) is 5.88 Å². The number of ether oxygens (including phenoxy) is 1. The monoisotopic (exact) mass is 459 g/mol. The summed E-state index contributed by atoms with van der Waals surface area (Å²) < 4.78 is 51.2. The number of anilines is 1. The first-order valence-corrected chi connectivity index (χ1v) is 10.5. The number of halogens is 3. The topological polar surface area (TPSA) is 97.2 Å². The van der Waals surface area contributed by atoms with E-state index in [0.717, 1.165) is 28.8 Å². The molecule has 2 fully saturated rings. The number of benzene rings is 1. The Labute approximate surface area is 186 Å². The minimum absolute atomic E-state index is 0.0944. The number of rotatable bonds is 3. The van der Waals surface area contributed by atoms with Gasteiger partial charge in [-0.3, -0.25) is 0 Å². The zero-order valence-corrected chi connectivity index (χ0v) is 17.7. The summed E-state index contributed by atoms with van der Waals surface area (Å²) in [6.45, 7) is 2.79. The first-order chi connectivity index (χ1) is 15.6. The minimum atomic E-state index is -4.66. The standard InChI is InChI=1S/C22H20F3N5O3/c1-20(11-29-13-27-15-4-3-14(9-26)7-16(15)29)5-2-6-21(10-20)12-30(19(31)32-21)18-8-17(28-33-18)22(23,24)25/h3-4,7-8,13H,2,5-6,10-12H2,1H3/t20-,21-/m0/s1. The maximum Gasteiger partial charge on any atom is 0.436 e. The molecule has 1 aromatic carbocycles. The van der Waals surface area contributed by atoms with Crippen molar-refractivity contribution in [1.29, 1.82) is 5.26 Å². The molecule has 1 spiro atoms. The molecule has 0 bridgehead atoms. The molecule has 8 nitrogen and oxygen atoms in total. The molecule has 1 aliphatic heterocycles. The van der Waals surface area contributed by atoms with Crippen molar-refractivity contribution in [2.24, 2.45) is 5.41 Å². The lowest BCUT2D eigenvalue weighted by Crippen LogP contribution is -2.45. The van der Waals surface area contributed by atoms with Gasteiger partial charge in [0.15, 0.2) is 5.69 Å². The van der Waals surface area contributed by atoms with Crippen LogP contribution in [0.4, 0.5) is 23.8 Å². The minimum Gasteiger partial charge on any atom is -0.441 e. The van der Waals surface area contributed by atoms with Crippen molar-refractivity contribution >= 4 is 23.0 Å². The Bertz CT molecular complexity index is 1280. The molecule has 33 heavy (non-hydrogen) atoms. The summed E-state index contributed by atoms with van der Waals surface area (Å²) >= 11 is 0. The fourth-order valence-corrected chi connectivity index (χ4v) is 5.13. The first-order valence-electron chi connectivity index (χ1n) is 10.5. The molecular weight excluding hydrogens is 439 g/mol. The maximum atomic E-state index is 12.9. The molecule has 0 unspecified atom stereocenters. The Morgan fingerprint density at radius 2 is 2.09 bits per heavy atom. The molecule has 5 rings (SSSR count). The fraction of sp³-hybridized carbons (Fsp3) is 0.455. The van der Waals surface area contributed by atoms with Crippen molar-refractivity contribution in [3.8, 4) is 6.07 Å². The molecule has 3 aromatic rings. The summed E-state index contributed by atoms with van der Waals surface area (Å²) in [7, 11) is 0. The molecule has 2 atom stereocenters. The average Bonchev–Trinajstić information content (AvgIpc) is 3.45. The van der Waals surface area contributed by atoms with Crippen LogP contribution in [-0.2, 0) is 17.5 Å². The number of imidazole rings is 1. The number of amides is 1. The molecule has 2 aliphatic rings. The van der Waals surface area contributed by atoms with Gasteiger partial charge in [0.05, 0.1) is 35.5 Å². The average molecular weight is 459 g/mol. The Morgan fingerprint density at radius 3 is 2.82 bits per heavy atom. The van der Waals surface area contributed by atoms with Gasteiger partial charge in [-0.15, -0.1) is 0 Å². The molecule has 1 amide bonds. The van der Waals surface area contributed by atoms with Crippen LogP contribution in [0.2, 0.25) is 0 Å². The molecule has 11 heteroatoms. The van der Waals surface area contributed by atoms with Gasteiger partial charge < -0.3 is 13.8 Å². The van der Waals surface area contributed by atoms with Crippen molar-refractivity contribution in [2.75, 3.05) is 11.4 Å². The van der Waals surface area contributed by atoms with Crippen LogP contribution in [0.1, 0.15) is 43.9 Å². The van der Waals surface area contributed by atoms with E-state index in [1.807, 2.05) is 4.57 Å². The van der Waals surface area contributed by atoms with Crippen molar-refractivity contribution in [1.82, 2.24) is 14.7 Å². The van der Waals surface area contributed by atoms with Gasteiger partial charge in [-0.25, -0.2) is 14.7 Å². The van der Waals surface area contributed by atoms with Crippen LogP contribution in [-0.4, -0.2) is 32.9 Å². The molecule has 3 heterocycles. The number of fused-ring (bicyclic) bond motifs is 1. The lowest BCUT2D eigenvalue weighted by atomic mass is 9.68. The van der Waals surface area contributed by atoms with E-state index in [1.165, 1.54) is 0 Å². The van der Waals surface area contributed by atoms with E-state index >= 15 is 0 Å². The number of hydrogen-bond donors (Lipinski definition) is 0. The molecule has 2 aromatic heterocycles. The van der Waals surface area contributed by atoms with E-state index in [4.69, 9.17) is 9.26 Å². The highest BCUT2D eigenvalue weighted by Gasteiger charge is 2.53. The van der Waals surface area contributed by atoms with Crippen molar-refractivity contribution in [3.05, 3.63) is 41.9 Å². The predicted octanol–water partition coefficient (Wildman–Crippen LogP) is 4.89. The van der Waals surface area contributed by atoms with Crippen molar-refractivity contribution in [3.63, 3.8) is 0 Å². The third-order valence-corrected chi connectivity index (χ3v) is 6.49. The number of carbonyl (C=O) groups is 1. The van der Waals surface area contributed by atoms with E-state index in [9.17, 15) is 23.2 Å². The Kier molecular flexibility index (Phi) is 4.67. The van der Waals surface area contributed by atoms with E-state index in [1.54, 1.807) is 24.5 Å². The number of aromatic nitrogens is 3. The van der Waals surface area contributed by atoms with Gasteiger partial charge >= 0.3 is 12.3 Å². The second-order valence-corrected chi connectivity index (χ2v) is 9.21. The van der Waals surface area contributed by atoms with E-state index in [-0.39, 0.29) is 17.8 Å². The third-order valence-electron chi connectivity index (χ3n) is 6.49. The van der Waals surface area contributed by atoms with Crippen LogP contribution < -0.4 is 4.90 Å². The zero-order valence-electron chi connectivity index (χ0n) is 17.7. The highest BCUT2D eigenvalue weighted by Crippen LogP contribution is 2.48. The summed E-state index contributed by atoms with van der Waals surface area (Å²) in [5, 5.41) is 12.3. The second kappa shape index (κ2) is 7.23. The third kappa shape index (κ3) is 3.79. The molecule has 1 saturated carbocycles. The van der Waals surface area contributed by atoms with Crippen LogP contribution in [0.5, 0.6) is 0 Å². The molecule has 172 valence electrons. The summed E-state index contributed by atoms with van der Waals surface area (Å²) in [5.41, 5.74) is -0.107. The quantitative estimate of drug-likeness (QED) is 0.553. The van der Waals surface area contributed by atoms with Gasteiger partial charge in [0.25, 0.3) is 0 Å². The summed E-state index contributed by atoms with van der Waals surface area (Å²) in [6, 6.07) is 8.17. The lowest BCUT2D eigenvalue weighted by molar-refractivity contribution is -0.142. The Hall–Kier alpha value is -3.55. The summed E-state index contributed by atoms with van der Waals surface area (Å²) in [5.74, 6) is -0.277. The van der Waals surface area contributed by atoms with Gasteiger partial charge in [-0.2, -0.15) is 18.4 Å². The maximum absolute atomic E-state index is 12.9. The van der Waals surface area contributed by atoms with E-state index < -0.39 is 23.6 Å². The SMILES string of the molecule is C[C@]1(Cn2cnc3ccc(C#N)cc32)CCC[C@@]2(CN(c3cc(C(F)(F)F)no3)C(=O)O2)C1. The molecule has 1 saturated heterocycles. The van der Waals surface area contributed by atoms with Gasteiger partial charge in [0.1, 0.15) is 5.60 Å². The van der Waals surface area contributed by atoms with E-state index in [2.05, 4.69) is 23.1 Å². The van der Waals surface area contributed by atoms with Crippen LogP contribution in [0.25, 0.3) is 11.0 Å². The molecule has 0 radical (unpaired) electrons. The largest absolute Gasteiger partial charge is 0.441 e. The highest BCUT2D eigenvalue weighted by atomic mass is 19.4. The van der Waals surface area contributed by atoms with Gasteiger partial charge in [0, 0.05) is 12.6 Å². The normalized spacial score (nSPS) is 25.5. The zero-order chi connectivity index (χ0) is 23.4. The number of carbonyl (C=O) groups excluding carboxylic acids is 1. The van der Waals surface area contributed by atoms with Crippen molar-refractivity contribution in [2.45, 2.75) is 50.9 Å². The number of hydrogen-bond acceptors (Lipinski definition) is 6. The number of nitrogens with zero attached hydrogens (tertiary/aromatic N) is 5. The molecular formula is C22H20F3N5O3. The van der Waals surface area contributed by atoms with Gasteiger partial charge in [-0.05, 0) is 49.3 Å². The molecule has 0 N–H and O–H groups in total.